The van der Waals surface area contributed by atoms with E-state index in [1.165, 1.54) is 5.56 Å². The van der Waals surface area contributed by atoms with Gasteiger partial charge in [0.15, 0.2) is 12.4 Å². The molecule has 2 heteroatoms. The molecule has 1 rings (SSSR count). The van der Waals surface area contributed by atoms with E-state index in [2.05, 4.69) is 23.6 Å². The van der Waals surface area contributed by atoms with Gasteiger partial charge in [-0.25, -0.2) is 0 Å². The van der Waals surface area contributed by atoms with Crippen LogP contribution in [0.25, 0.3) is 0 Å². The summed E-state index contributed by atoms with van der Waals surface area (Å²) in [5.74, 6) is 0. The largest absolute Gasteiger partial charge is 0.321 e. The minimum atomic E-state index is 0.135. The smallest absolute Gasteiger partial charge is 0.259 e. The summed E-state index contributed by atoms with van der Waals surface area (Å²) in [6.45, 7) is 6.88. The first-order valence-corrected chi connectivity index (χ1v) is 4.33. The summed E-state index contributed by atoms with van der Waals surface area (Å²) in [4.78, 5) is 0. The highest BCUT2D eigenvalue weighted by Gasteiger charge is 2.09. The Balaban J connectivity index is 2.68. The molecule has 0 aliphatic heterocycles. The molecule has 1 atom stereocenters. The van der Waals surface area contributed by atoms with E-state index >= 15 is 0 Å². The topological polar surface area (TPSA) is 13.1 Å². The van der Waals surface area contributed by atoms with E-state index in [1.54, 1.807) is 0 Å². The average molecular weight is 166 g/mol. The summed E-state index contributed by atoms with van der Waals surface area (Å²) in [6, 6.07) is 4.16. The fraction of sp³-hybridized carbons (Fsp3) is 0.500. The number of aromatic nitrogens is 1. The van der Waals surface area contributed by atoms with Crippen molar-refractivity contribution >= 4 is 0 Å². The Labute approximate surface area is 73.8 Å². The molecule has 0 bridgehead atoms. The Morgan fingerprint density at radius 1 is 1.42 bits per heavy atom. The van der Waals surface area contributed by atoms with Gasteiger partial charge in [-0.1, -0.05) is 0 Å². The zero-order valence-corrected chi connectivity index (χ0v) is 7.95. The van der Waals surface area contributed by atoms with Crippen LogP contribution in [-0.4, -0.2) is 6.61 Å². The van der Waals surface area contributed by atoms with Gasteiger partial charge in [-0.3, -0.25) is 0 Å². The van der Waals surface area contributed by atoms with Crippen molar-refractivity contribution in [1.82, 2.24) is 0 Å². The molecule has 0 amide bonds. The number of aryl methyl sites for hydroxylation is 1. The highest BCUT2D eigenvalue weighted by molar-refractivity contribution is 5.03. The number of rotatable bonds is 3. The van der Waals surface area contributed by atoms with Gasteiger partial charge >= 0.3 is 0 Å². The van der Waals surface area contributed by atoms with Crippen molar-refractivity contribution in [1.29, 1.82) is 0 Å². The van der Waals surface area contributed by atoms with Gasteiger partial charge in [0.2, 0.25) is 0 Å². The molecule has 12 heavy (non-hydrogen) atoms. The number of pyridine rings is 1. The minimum absolute atomic E-state index is 0.135. The van der Waals surface area contributed by atoms with Crippen molar-refractivity contribution in [3.8, 4) is 0 Å². The van der Waals surface area contributed by atoms with Crippen LogP contribution in [0.3, 0.4) is 0 Å². The standard InChI is InChI=1S/C10H16NO/c1-4-12-10(3)11-7-5-9(2)6-8-11/h5-8,10H,4H2,1-3H3/q+1. The van der Waals surface area contributed by atoms with Crippen LogP contribution >= 0.6 is 0 Å². The second-order valence-electron chi connectivity index (χ2n) is 2.88. The Hall–Kier alpha value is -0.890. The summed E-state index contributed by atoms with van der Waals surface area (Å²) in [6.07, 6.45) is 4.21. The lowest BCUT2D eigenvalue weighted by Crippen LogP contribution is -2.38. The minimum Gasteiger partial charge on any atom is -0.321 e. The normalized spacial score (nSPS) is 12.9. The Bertz CT molecular complexity index is 230. The first-order chi connectivity index (χ1) is 5.74. The van der Waals surface area contributed by atoms with E-state index in [0.717, 1.165) is 6.61 Å². The average Bonchev–Trinajstić information content (AvgIpc) is 2.06. The third kappa shape index (κ3) is 2.31. The Kier molecular flexibility index (Phi) is 3.23. The first-order valence-electron chi connectivity index (χ1n) is 4.33. The van der Waals surface area contributed by atoms with Crippen LogP contribution in [0.4, 0.5) is 0 Å². The van der Waals surface area contributed by atoms with Crippen LogP contribution in [-0.2, 0) is 4.74 Å². The molecular formula is C10H16NO+. The third-order valence-electron chi connectivity index (χ3n) is 1.85. The highest BCUT2D eigenvalue weighted by atomic mass is 16.5. The second kappa shape index (κ2) is 4.21. The zero-order valence-electron chi connectivity index (χ0n) is 7.95. The molecule has 1 heterocycles. The van der Waals surface area contributed by atoms with Crippen LogP contribution in [0.15, 0.2) is 24.5 Å². The molecule has 0 saturated heterocycles. The number of hydrogen-bond acceptors (Lipinski definition) is 1. The van der Waals surface area contributed by atoms with Crippen molar-refractivity contribution < 1.29 is 9.30 Å². The van der Waals surface area contributed by atoms with E-state index in [9.17, 15) is 0 Å². The van der Waals surface area contributed by atoms with Crippen molar-refractivity contribution in [2.75, 3.05) is 6.61 Å². The number of hydrogen-bond donors (Lipinski definition) is 0. The van der Waals surface area contributed by atoms with Crippen molar-refractivity contribution in [2.24, 2.45) is 0 Å². The van der Waals surface area contributed by atoms with Gasteiger partial charge in [-0.2, -0.15) is 4.57 Å². The van der Waals surface area contributed by atoms with Crippen molar-refractivity contribution in [3.05, 3.63) is 30.1 Å². The summed E-state index contributed by atoms with van der Waals surface area (Å²) in [7, 11) is 0. The first kappa shape index (κ1) is 9.20. The molecule has 0 radical (unpaired) electrons. The van der Waals surface area contributed by atoms with Crippen LogP contribution in [0.2, 0.25) is 0 Å². The van der Waals surface area contributed by atoms with E-state index in [0.29, 0.717) is 0 Å². The summed E-state index contributed by atoms with van der Waals surface area (Å²) < 4.78 is 7.48. The fourth-order valence-electron chi connectivity index (χ4n) is 1.08. The predicted molar refractivity (Wildman–Crippen MR) is 47.7 cm³/mol. The molecule has 2 nitrogen and oxygen atoms in total. The lowest BCUT2D eigenvalue weighted by molar-refractivity contribution is -0.758. The monoisotopic (exact) mass is 166 g/mol. The maximum atomic E-state index is 5.43. The van der Waals surface area contributed by atoms with E-state index < -0.39 is 0 Å². The van der Waals surface area contributed by atoms with E-state index in [4.69, 9.17) is 4.74 Å². The van der Waals surface area contributed by atoms with Crippen LogP contribution in [0.1, 0.15) is 25.6 Å². The molecule has 1 unspecified atom stereocenters. The number of nitrogens with zero attached hydrogens (tertiary/aromatic N) is 1. The molecule has 1 aromatic heterocycles. The molecule has 0 aromatic carbocycles. The maximum Gasteiger partial charge on any atom is 0.259 e. The molecule has 0 spiro atoms. The molecule has 1 aromatic rings. The SMILES string of the molecule is CCOC(C)[n+]1ccc(C)cc1. The Morgan fingerprint density at radius 3 is 2.50 bits per heavy atom. The summed E-state index contributed by atoms with van der Waals surface area (Å²) in [5.41, 5.74) is 1.27. The van der Waals surface area contributed by atoms with Crippen LogP contribution in [0, 0.1) is 6.92 Å². The lowest BCUT2D eigenvalue weighted by atomic mass is 10.3. The summed E-state index contributed by atoms with van der Waals surface area (Å²) in [5, 5.41) is 0. The van der Waals surface area contributed by atoms with Crippen LogP contribution in [0.5, 0.6) is 0 Å². The maximum absolute atomic E-state index is 5.43. The highest BCUT2D eigenvalue weighted by Crippen LogP contribution is 1.97. The Morgan fingerprint density at radius 2 is 2.00 bits per heavy atom. The molecule has 0 fully saturated rings. The van der Waals surface area contributed by atoms with Gasteiger partial charge in [0.1, 0.15) is 0 Å². The molecule has 0 N–H and O–H groups in total. The van der Waals surface area contributed by atoms with Crippen molar-refractivity contribution in [2.45, 2.75) is 27.0 Å². The van der Waals surface area contributed by atoms with Gasteiger partial charge < -0.3 is 4.74 Å². The molecule has 0 saturated carbocycles. The summed E-state index contributed by atoms with van der Waals surface area (Å²) >= 11 is 0. The zero-order chi connectivity index (χ0) is 8.97. The van der Waals surface area contributed by atoms with Crippen molar-refractivity contribution in [3.63, 3.8) is 0 Å². The van der Waals surface area contributed by atoms with Gasteiger partial charge in [0.25, 0.3) is 6.23 Å². The predicted octanol–water partition coefficient (Wildman–Crippen LogP) is 1.84. The van der Waals surface area contributed by atoms with Gasteiger partial charge in [0.05, 0.1) is 6.61 Å². The molecule has 0 aliphatic carbocycles. The quantitative estimate of drug-likeness (QED) is 0.624. The second-order valence-corrected chi connectivity index (χ2v) is 2.88. The molecule has 66 valence electrons. The molecular weight excluding hydrogens is 150 g/mol. The lowest BCUT2D eigenvalue weighted by Gasteiger charge is -2.05. The fourth-order valence-corrected chi connectivity index (χ4v) is 1.08. The van der Waals surface area contributed by atoms with Crippen LogP contribution < -0.4 is 4.57 Å². The third-order valence-corrected chi connectivity index (χ3v) is 1.85. The van der Waals surface area contributed by atoms with E-state index in [1.807, 2.05) is 26.2 Å². The van der Waals surface area contributed by atoms with E-state index in [-0.39, 0.29) is 6.23 Å². The van der Waals surface area contributed by atoms with Gasteiger partial charge in [0, 0.05) is 19.1 Å². The van der Waals surface area contributed by atoms with Gasteiger partial charge in [-0.15, -0.1) is 0 Å². The molecule has 0 aliphatic rings. The van der Waals surface area contributed by atoms with Gasteiger partial charge in [-0.05, 0) is 19.4 Å². The number of ether oxygens (including phenoxy) is 1.